The van der Waals surface area contributed by atoms with Crippen molar-refractivity contribution in [2.75, 3.05) is 5.32 Å². The number of aromatic nitrogens is 4. The molecule has 0 atom stereocenters. The number of rotatable bonds is 6. The summed E-state index contributed by atoms with van der Waals surface area (Å²) in [6.45, 7) is 1.65. The van der Waals surface area contributed by atoms with Gasteiger partial charge < -0.3 is 10.1 Å². The molecule has 0 radical (unpaired) electrons. The van der Waals surface area contributed by atoms with Gasteiger partial charge in [0.15, 0.2) is 0 Å². The van der Waals surface area contributed by atoms with Crippen LogP contribution in [-0.2, 0) is 11.8 Å². The lowest BCUT2D eigenvalue weighted by Crippen LogP contribution is -2.24. The third-order valence-electron chi connectivity index (χ3n) is 6.21. The highest BCUT2D eigenvalue weighted by molar-refractivity contribution is 6.10. The normalized spacial score (nSPS) is 11.3. The number of fused-ring (bicyclic) bond motifs is 1. The molecule has 0 spiro atoms. The van der Waals surface area contributed by atoms with Gasteiger partial charge in [-0.05, 0) is 61.5 Å². The maximum atomic E-state index is 13.4. The molecular weight excluding hydrogens is 515 g/mol. The van der Waals surface area contributed by atoms with Crippen LogP contribution in [0.25, 0.3) is 17.4 Å². The van der Waals surface area contributed by atoms with E-state index < -0.39 is 28.4 Å². The molecule has 1 N–H and O–H groups in total. The average molecular weight is 537 g/mol. The third-order valence-corrected chi connectivity index (χ3v) is 6.21. The van der Waals surface area contributed by atoms with E-state index in [4.69, 9.17) is 4.74 Å². The first-order valence-corrected chi connectivity index (χ1v) is 12.0. The topological polar surface area (TPSA) is 123 Å². The number of amides is 1. The molecule has 0 aliphatic heterocycles. The molecule has 0 saturated heterocycles. The Balaban J connectivity index is 1.57. The average Bonchev–Trinajstić information content (AvgIpc) is 3.17. The summed E-state index contributed by atoms with van der Waals surface area (Å²) in [5.74, 6) is -1.39. The Morgan fingerprint density at radius 2 is 1.73 bits per heavy atom. The Hall–Kier alpha value is -5.76. The van der Waals surface area contributed by atoms with Crippen LogP contribution in [0, 0.1) is 24.1 Å². The molecule has 0 bridgehead atoms. The number of benzene rings is 2. The van der Waals surface area contributed by atoms with Gasteiger partial charge in [0.2, 0.25) is 5.88 Å². The van der Waals surface area contributed by atoms with E-state index in [0.717, 1.165) is 6.08 Å². The molecule has 3 heterocycles. The Morgan fingerprint density at radius 3 is 2.42 bits per heavy atom. The summed E-state index contributed by atoms with van der Waals surface area (Å²) in [6, 6.07) is 20.6. The minimum Gasteiger partial charge on any atom is -0.438 e. The summed E-state index contributed by atoms with van der Waals surface area (Å²) in [7, 11) is 1.67. The van der Waals surface area contributed by atoms with Gasteiger partial charge in [0.1, 0.15) is 40.1 Å². The Bertz CT molecular complexity index is 1950. The number of carbonyl (C=O) groups excluding carboxylic acids is 1. The summed E-state index contributed by atoms with van der Waals surface area (Å²) in [5.41, 5.74) is -0.478. The molecule has 0 fully saturated rings. The van der Waals surface area contributed by atoms with E-state index in [1.165, 1.54) is 39.5 Å². The first kappa shape index (κ1) is 25.9. The van der Waals surface area contributed by atoms with Crippen LogP contribution in [0.15, 0.2) is 94.2 Å². The highest BCUT2D eigenvalue weighted by Crippen LogP contribution is 2.24. The van der Waals surface area contributed by atoms with Crippen molar-refractivity contribution >= 4 is 23.3 Å². The van der Waals surface area contributed by atoms with E-state index in [1.807, 2.05) is 6.07 Å². The van der Waals surface area contributed by atoms with Gasteiger partial charge in [0.25, 0.3) is 17.0 Å². The van der Waals surface area contributed by atoms with Crippen molar-refractivity contribution in [2.45, 2.75) is 6.92 Å². The van der Waals surface area contributed by atoms with E-state index in [1.54, 1.807) is 67.2 Å². The van der Waals surface area contributed by atoms with Crippen LogP contribution in [0.2, 0.25) is 0 Å². The maximum Gasteiger partial charge on any atom is 0.295 e. The predicted octanol–water partition coefficient (Wildman–Crippen LogP) is 3.97. The lowest BCUT2D eigenvalue weighted by molar-refractivity contribution is -0.112. The van der Waals surface area contributed by atoms with Crippen molar-refractivity contribution in [2.24, 2.45) is 7.05 Å². The van der Waals surface area contributed by atoms with Crippen LogP contribution in [0.5, 0.6) is 11.6 Å². The van der Waals surface area contributed by atoms with Gasteiger partial charge in [-0.1, -0.05) is 24.3 Å². The molecule has 0 unspecified atom stereocenters. The number of ether oxygens (including phenoxy) is 1. The van der Waals surface area contributed by atoms with E-state index >= 15 is 0 Å². The lowest BCUT2D eigenvalue weighted by Gasteiger charge is -2.10. The SMILES string of the molecule is Cc1c(NC(=O)/C(C#N)=C/c2c(Oc3ccc(F)cc3)nc3ccccn3c2=O)c(=O)n(-c2ccccc2)n1C. The number of carbonyl (C=O) groups is 1. The van der Waals surface area contributed by atoms with E-state index in [-0.39, 0.29) is 28.5 Å². The van der Waals surface area contributed by atoms with Gasteiger partial charge >= 0.3 is 0 Å². The number of hydrogen-bond acceptors (Lipinski definition) is 6. The van der Waals surface area contributed by atoms with Gasteiger partial charge in [-0.3, -0.25) is 23.5 Å². The zero-order chi connectivity index (χ0) is 28.4. The molecule has 198 valence electrons. The largest absolute Gasteiger partial charge is 0.438 e. The van der Waals surface area contributed by atoms with Crippen LogP contribution in [0.4, 0.5) is 10.1 Å². The summed E-state index contributed by atoms with van der Waals surface area (Å²) < 4.78 is 23.4. The number of pyridine rings is 1. The monoisotopic (exact) mass is 536 g/mol. The molecular formula is C29H21FN6O4. The van der Waals surface area contributed by atoms with Crippen LogP contribution in [0.3, 0.4) is 0 Å². The van der Waals surface area contributed by atoms with E-state index in [0.29, 0.717) is 11.4 Å². The number of nitriles is 1. The standard InChI is InChI=1S/C29H21FN6O4/c1-18-25(29(39)36(34(18)2)21-8-4-3-5-9-21)33-26(37)19(17-31)16-23-27(40-22-13-11-20(30)12-14-22)32-24-10-6-7-15-35(24)28(23)38/h3-16H,1-2H3,(H,33,37)/b19-16+. The lowest BCUT2D eigenvalue weighted by atomic mass is 10.1. The van der Waals surface area contributed by atoms with E-state index in [9.17, 15) is 24.0 Å². The van der Waals surface area contributed by atoms with Gasteiger partial charge in [0, 0.05) is 13.2 Å². The molecule has 3 aromatic heterocycles. The number of anilines is 1. The Labute approximate surface area is 226 Å². The number of nitrogens with one attached hydrogen (secondary N) is 1. The second-order valence-corrected chi connectivity index (χ2v) is 8.68. The van der Waals surface area contributed by atoms with Crippen molar-refractivity contribution in [3.05, 3.63) is 122 Å². The van der Waals surface area contributed by atoms with Crippen molar-refractivity contribution < 1.29 is 13.9 Å². The molecule has 5 aromatic rings. The quantitative estimate of drug-likeness (QED) is 0.259. The fourth-order valence-corrected chi connectivity index (χ4v) is 4.08. The van der Waals surface area contributed by atoms with Crippen LogP contribution in [-0.4, -0.2) is 24.7 Å². The summed E-state index contributed by atoms with van der Waals surface area (Å²) in [5, 5.41) is 12.4. The fraction of sp³-hybridized carbons (Fsp3) is 0.0690. The van der Waals surface area contributed by atoms with Gasteiger partial charge in [-0.25, -0.2) is 9.07 Å². The molecule has 5 rings (SSSR count). The Morgan fingerprint density at radius 1 is 1.02 bits per heavy atom. The van der Waals surface area contributed by atoms with Crippen LogP contribution < -0.4 is 21.2 Å². The van der Waals surface area contributed by atoms with Crippen LogP contribution in [0.1, 0.15) is 11.3 Å². The van der Waals surface area contributed by atoms with Gasteiger partial charge in [-0.2, -0.15) is 10.2 Å². The predicted molar refractivity (Wildman–Crippen MR) is 146 cm³/mol. The summed E-state index contributed by atoms with van der Waals surface area (Å²) in [6.07, 6.45) is 2.53. The Kier molecular flexibility index (Phi) is 6.82. The summed E-state index contributed by atoms with van der Waals surface area (Å²) in [4.78, 5) is 44.2. The molecule has 40 heavy (non-hydrogen) atoms. The molecule has 0 aliphatic carbocycles. The number of halogens is 1. The zero-order valence-corrected chi connectivity index (χ0v) is 21.3. The highest BCUT2D eigenvalue weighted by Gasteiger charge is 2.22. The van der Waals surface area contributed by atoms with Gasteiger partial charge in [0.05, 0.1) is 11.4 Å². The number of nitrogens with zero attached hydrogens (tertiary/aromatic N) is 5. The third kappa shape index (κ3) is 4.77. The smallest absolute Gasteiger partial charge is 0.295 e. The first-order valence-electron chi connectivity index (χ1n) is 12.0. The highest BCUT2D eigenvalue weighted by atomic mass is 19.1. The van der Waals surface area contributed by atoms with Gasteiger partial charge in [-0.15, -0.1) is 0 Å². The zero-order valence-electron chi connectivity index (χ0n) is 21.3. The molecule has 2 aromatic carbocycles. The minimum absolute atomic E-state index is 0.0198. The number of para-hydroxylation sites is 1. The molecule has 11 heteroatoms. The van der Waals surface area contributed by atoms with Crippen molar-refractivity contribution in [3.63, 3.8) is 0 Å². The number of hydrogen-bond donors (Lipinski definition) is 1. The summed E-state index contributed by atoms with van der Waals surface area (Å²) >= 11 is 0. The second kappa shape index (κ2) is 10.5. The molecule has 1 amide bonds. The van der Waals surface area contributed by atoms with E-state index in [2.05, 4.69) is 10.3 Å². The molecule has 0 saturated carbocycles. The molecule has 0 aliphatic rings. The minimum atomic E-state index is -0.904. The second-order valence-electron chi connectivity index (χ2n) is 8.68. The molecule has 10 nitrogen and oxygen atoms in total. The maximum absolute atomic E-state index is 13.4. The van der Waals surface area contributed by atoms with Crippen molar-refractivity contribution in [1.82, 2.24) is 18.7 Å². The fourth-order valence-electron chi connectivity index (χ4n) is 4.08. The van der Waals surface area contributed by atoms with Crippen molar-refractivity contribution in [3.8, 4) is 23.4 Å². The first-order chi connectivity index (χ1) is 19.3. The van der Waals surface area contributed by atoms with Crippen molar-refractivity contribution in [1.29, 1.82) is 5.26 Å². The van der Waals surface area contributed by atoms with Crippen LogP contribution >= 0.6 is 0 Å².